The molecule has 0 aliphatic carbocycles. The van der Waals surface area contributed by atoms with Crippen molar-refractivity contribution < 1.29 is 8.42 Å². The molecule has 0 bridgehead atoms. The SMILES string of the molecule is O=S1(=O)CCC(C(CBr)Cc2ccc(Cl)cc2Cl)C1. The molecule has 1 aromatic carbocycles. The number of alkyl halides is 1. The quantitative estimate of drug-likeness (QED) is 0.734. The number of hydrogen-bond acceptors (Lipinski definition) is 2. The van der Waals surface area contributed by atoms with Crippen LogP contribution in [0.4, 0.5) is 0 Å². The van der Waals surface area contributed by atoms with Crippen LogP contribution < -0.4 is 0 Å². The summed E-state index contributed by atoms with van der Waals surface area (Å²) in [5, 5.41) is 2.05. The lowest BCUT2D eigenvalue weighted by Crippen LogP contribution is -2.20. The zero-order valence-corrected chi connectivity index (χ0v) is 14.2. The molecule has 0 spiro atoms. The van der Waals surface area contributed by atoms with Crippen molar-refractivity contribution in [3.8, 4) is 0 Å². The maximum atomic E-state index is 11.6. The molecular weight excluding hydrogens is 371 g/mol. The summed E-state index contributed by atoms with van der Waals surface area (Å²) >= 11 is 15.6. The molecule has 2 rings (SSSR count). The van der Waals surface area contributed by atoms with Gasteiger partial charge >= 0.3 is 0 Å². The van der Waals surface area contributed by atoms with Gasteiger partial charge in [0.05, 0.1) is 11.5 Å². The molecule has 2 atom stereocenters. The zero-order chi connectivity index (χ0) is 14.0. The molecule has 1 heterocycles. The van der Waals surface area contributed by atoms with Gasteiger partial charge in [-0.3, -0.25) is 0 Å². The predicted octanol–water partition coefficient (Wildman–Crippen LogP) is 3.98. The summed E-state index contributed by atoms with van der Waals surface area (Å²) in [6, 6.07) is 5.47. The van der Waals surface area contributed by atoms with Gasteiger partial charge in [-0.1, -0.05) is 45.2 Å². The summed E-state index contributed by atoms with van der Waals surface area (Å²) in [5.74, 6) is 1.12. The maximum Gasteiger partial charge on any atom is 0.150 e. The van der Waals surface area contributed by atoms with E-state index in [0.717, 1.165) is 23.7 Å². The lowest BCUT2D eigenvalue weighted by Gasteiger charge is -2.20. The van der Waals surface area contributed by atoms with Crippen molar-refractivity contribution in [3.63, 3.8) is 0 Å². The van der Waals surface area contributed by atoms with Gasteiger partial charge in [0.25, 0.3) is 0 Å². The third-order valence-electron chi connectivity index (χ3n) is 3.63. The van der Waals surface area contributed by atoms with E-state index in [1.54, 1.807) is 6.07 Å². The Bertz CT molecular complexity index is 560. The summed E-state index contributed by atoms with van der Waals surface area (Å²) in [6.45, 7) is 0. The number of rotatable bonds is 4. The average molecular weight is 386 g/mol. The molecule has 1 fully saturated rings. The Morgan fingerprint density at radius 3 is 2.63 bits per heavy atom. The van der Waals surface area contributed by atoms with Crippen LogP contribution in [0, 0.1) is 11.8 Å². The lowest BCUT2D eigenvalue weighted by molar-refractivity contribution is 0.402. The van der Waals surface area contributed by atoms with Gasteiger partial charge in [0, 0.05) is 15.4 Å². The molecule has 0 saturated carbocycles. The molecule has 2 nitrogen and oxygen atoms in total. The molecule has 1 aromatic rings. The number of sulfone groups is 1. The molecular formula is C13H15BrCl2O2S. The fourth-order valence-corrected chi connectivity index (χ4v) is 5.68. The maximum absolute atomic E-state index is 11.6. The highest BCUT2D eigenvalue weighted by Crippen LogP contribution is 2.32. The standard InChI is InChI=1S/C13H15BrCl2O2S/c14-7-11(10-3-4-19(17,18)8-10)5-9-1-2-12(15)6-13(9)16/h1-2,6,10-11H,3-5,7-8H2. The molecule has 2 unspecified atom stereocenters. The summed E-state index contributed by atoms with van der Waals surface area (Å²) in [6.07, 6.45) is 1.53. The highest BCUT2D eigenvalue weighted by Gasteiger charge is 2.33. The van der Waals surface area contributed by atoms with Crippen molar-refractivity contribution in [2.45, 2.75) is 12.8 Å². The van der Waals surface area contributed by atoms with Crippen LogP contribution in [0.1, 0.15) is 12.0 Å². The Hall–Kier alpha value is 0.230. The topological polar surface area (TPSA) is 34.1 Å². The lowest BCUT2D eigenvalue weighted by atomic mass is 9.88. The van der Waals surface area contributed by atoms with Gasteiger partial charge in [0.1, 0.15) is 0 Å². The Morgan fingerprint density at radius 1 is 1.37 bits per heavy atom. The first-order chi connectivity index (χ1) is 8.91. The van der Waals surface area contributed by atoms with Crippen LogP contribution in [0.25, 0.3) is 0 Å². The van der Waals surface area contributed by atoms with E-state index >= 15 is 0 Å². The van der Waals surface area contributed by atoms with Crippen molar-refractivity contribution in [1.29, 1.82) is 0 Å². The number of hydrogen-bond donors (Lipinski definition) is 0. The largest absolute Gasteiger partial charge is 0.229 e. The summed E-state index contributed by atoms with van der Waals surface area (Å²) in [4.78, 5) is 0. The Kier molecular flexibility index (Phi) is 5.21. The van der Waals surface area contributed by atoms with Crippen LogP contribution in [0.15, 0.2) is 18.2 Å². The van der Waals surface area contributed by atoms with Crippen molar-refractivity contribution in [1.82, 2.24) is 0 Å². The monoisotopic (exact) mass is 384 g/mol. The second-order valence-corrected chi connectivity index (χ2v) is 8.74. The van der Waals surface area contributed by atoms with Crippen LogP contribution in [0.3, 0.4) is 0 Å². The Labute approximate surface area is 132 Å². The van der Waals surface area contributed by atoms with Gasteiger partial charge in [-0.15, -0.1) is 0 Å². The highest BCUT2D eigenvalue weighted by atomic mass is 79.9. The molecule has 0 aromatic heterocycles. The van der Waals surface area contributed by atoms with Gasteiger partial charge in [-0.25, -0.2) is 8.42 Å². The zero-order valence-electron chi connectivity index (χ0n) is 10.3. The minimum Gasteiger partial charge on any atom is -0.229 e. The van der Waals surface area contributed by atoms with E-state index in [0.29, 0.717) is 21.6 Å². The normalized spacial score (nSPS) is 23.4. The minimum atomic E-state index is -2.83. The molecule has 0 N–H and O–H groups in total. The molecule has 1 aliphatic rings. The van der Waals surface area contributed by atoms with Crippen molar-refractivity contribution >= 4 is 49.0 Å². The van der Waals surface area contributed by atoms with Crippen LogP contribution in [0.2, 0.25) is 10.0 Å². The fraction of sp³-hybridized carbons (Fsp3) is 0.538. The van der Waals surface area contributed by atoms with E-state index in [-0.39, 0.29) is 11.8 Å². The number of halogens is 3. The Morgan fingerprint density at radius 2 is 2.11 bits per heavy atom. The first-order valence-electron chi connectivity index (χ1n) is 6.11. The summed E-state index contributed by atoms with van der Waals surface area (Å²) in [5.41, 5.74) is 1.03. The van der Waals surface area contributed by atoms with E-state index in [1.165, 1.54) is 0 Å². The molecule has 6 heteroatoms. The van der Waals surface area contributed by atoms with E-state index in [2.05, 4.69) is 15.9 Å². The van der Waals surface area contributed by atoms with Crippen LogP contribution in [-0.2, 0) is 16.3 Å². The van der Waals surface area contributed by atoms with E-state index in [4.69, 9.17) is 23.2 Å². The van der Waals surface area contributed by atoms with E-state index in [9.17, 15) is 8.42 Å². The van der Waals surface area contributed by atoms with Gasteiger partial charge in [0.2, 0.25) is 0 Å². The molecule has 19 heavy (non-hydrogen) atoms. The van der Waals surface area contributed by atoms with Crippen LogP contribution in [-0.4, -0.2) is 25.3 Å². The molecule has 0 amide bonds. The predicted molar refractivity (Wildman–Crippen MR) is 84.2 cm³/mol. The van der Waals surface area contributed by atoms with Crippen molar-refractivity contribution in [3.05, 3.63) is 33.8 Å². The van der Waals surface area contributed by atoms with Crippen LogP contribution >= 0.6 is 39.1 Å². The van der Waals surface area contributed by atoms with E-state index < -0.39 is 9.84 Å². The number of benzene rings is 1. The summed E-state index contributed by atoms with van der Waals surface area (Å²) < 4.78 is 23.1. The van der Waals surface area contributed by atoms with Crippen molar-refractivity contribution in [2.75, 3.05) is 16.8 Å². The van der Waals surface area contributed by atoms with Gasteiger partial charge < -0.3 is 0 Å². The third-order valence-corrected chi connectivity index (χ3v) is 6.84. The van der Waals surface area contributed by atoms with Gasteiger partial charge in [-0.05, 0) is 42.4 Å². The molecule has 106 valence electrons. The van der Waals surface area contributed by atoms with Gasteiger partial charge in [-0.2, -0.15) is 0 Å². The van der Waals surface area contributed by atoms with Crippen LogP contribution in [0.5, 0.6) is 0 Å². The highest BCUT2D eigenvalue weighted by molar-refractivity contribution is 9.09. The van der Waals surface area contributed by atoms with E-state index in [1.807, 2.05) is 12.1 Å². The molecule has 1 saturated heterocycles. The average Bonchev–Trinajstić information content (AvgIpc) is 2.69. The first kappa shape index (κ1) is 15.6. The smallest absolute Gasteiger partial charge is 0.150 e. The Balaban J connectivity index is 2.11. The minimum absolute atomic E-state index is 0.219. The summed E-state index contributed by atoms with van der Waals surface area (Å²) in [7, 11) is -2.83. The third kappa shape index (κ3) is 4.10. The van der Waals surface area contributed by atoms with Crippen molar-refractivity contribution in [2.24, 2.45) is 11.8 Å². The fourth-order valence-electron chi connectivity index (χ4n) is 2.51. The second-order valence-electron chi connectivity index (χ2n) is 5.02. The molecule has 0 radical (unpaired) electrons. The molecule has 1 aliphatic heterocycles. The first-order valence-corrected chi connectivity index (χ1v) is 9.81. The second kappa shape index (κ2) is 6.33. The van der Waals surface area contributed by atoms with Gasteiger partial charge in [0.15, 0.2) is 9.84 Å².